The Morgan fingerprint density at radius 3 is 2.47 bits per heavy atom. The van der Waals surface area contributed by atoms with Gasteiger partial charge in [0.15, 0.2) is 5.75 Å². The van der Waals surface area contributed by atoms with E-state index < -0.39 is 41.1 Å². The van der Waals surface area contributed by atoms with E-state index in [9.17, 15) is 27.2 Å². The molecule has 3 aromatic rings. The summed E-state index contributed by atoms with van der Waals surface area (Å²) in [4.78, 5) is 35.5. The Balaban J connectivity index is 1.60. The number of carbonyl (C=O) groups is 2. The van der Waals surface area contributed by atoms with Crippen LogP contribution in [0, 0.1) is 5.82 Å². The van der Waals surface area contributed by atoms with Gasteiger partial charge in [-0.3, -0.25) is 14.6 Å². The summed E-state index contributed by atoms with van der Waals surface area (Å²) in [7, 11) is 2.83. The number of nitrogens with one attached hydrogen (secondary N) is 1. The molecule has 200 valence electrons. The highest BCUT2D eigenvalue weighted by Gasteiger charge is 2.38. The number of hydrogen-bond acceptors (Lipinski definition) is 6. The molecule has 2 aromatic heterocycles. The highest BCUT2D eigenvalue weighted by atomic mass is 19.4. The Hall–Kier alpha value is -4.22. The van der Waals surface area contributed by atoms with Crippen molar-refractivity contribution in [3.63, 3.8) is 0 Å². The zero-order valence-electron chi connectivity index (χ0n) is 20.5. The molecule has 38 heavy (non-hydrogen) atoms. The summed E-state index contributed by atoms with van der Waals surface area (Å²) < 4.78 is 64.3. The topological polar surface area (TPSA) is 93.7 Å². The zero-order valence-corrected chi connectivity index (χ0v) is 20.5. The number of benzene rings is 1. The van der Waals surface area contributed by atoms with Crippen molar-refractivity contribution in [2.45, 2.75) is 24.6 Å². The zero-order chi connectivity index (χ0) is 27.4. The molecule has 1 N–H and O–H groups in total. The van der Waals surface area contributed by atoms with Crippen LogP contribution < -0.4 is 14.8 Å². The van der Waals surface area contributed by atoms with Crippen molar-refractivity contribution < 1.29 is 36.6 Å². The minimum atomic E-state index is -4.76. The number of carbonyl (C=O) groups excluding carboxylic acids is 2. The number of piperidine rings is 1. The van der Waals surface area contributed by atoms with Crippen LogP contribution in [0.25, 0.3) is 0 Å². The Morgan fingerprint density at radius 2 is 1.82 bits per heavy atom. The van der Waals surface area contributed by atoms with Gasteiger partial charge in [0.1, 0.15) is 11.5 Å². The average Bonchev–Trinajstić information content (AvgIpc) is 2.92. The lowest BCUT2D eigenvalue weighted by Gasteiger charge is -2.39. The van der Waals surface area contributed by atoms with Gasteiger partial charge in [-0.2, -0.15) is 13.2 Å². The van der Waals surface area contributed by atoms with Crippen LogP contribution in [-0.4, -0.2) is 60.0 Å². The van der Waals surface area contributed by atoms with E-state index in [2.05, 4.69) is 15.3 Å². The molecule has 0 bridgehead atoms. The molecular formula is C26H24F4N4O4. The fourth-order valence-electron chi connectivity index (χ4n) is 4.44. The SMILES string of the molecule is COc1cc(C(=O)N2CC[C@H](NC(=O)c3ncccc3C(F)(F)F)[C@@H](c3ccc(F)cc3)C2)cnc1OC. The number of aromatic nitrogens is 2. The van der Waals surface area contributed by atoms with E-state index in [4.69, 9.17) is 9.47 Å². The van der Waals surface area contributed by atoms with Crippen LogP contribution in [0.2, 0.25) is 0 Å². The number of likely N-dealkylation sites (tertiary alicyclic amines) is 1. The Morgan fingerprint density at radius 1 is 1.08 bits per heavy atom. The van der Waals surface area contributed by atoms with Crippen molar-refractivity contribution in [2.75, 3.05) is 27.3 Å². The predicted octanol–water partition coefficient (Wildman–Crippen LogP) is 4.08. The summed E-state index contributed by atoms with van der Waals surface area (Å²) in [5.74, 6) is -1.88. The van der Waals surface area contributed by atoms with Gasteiger partial charge in [-0.1, -0.05) is 12.1 Å². The first kappa shape index (κ1) is 26.8. The Bertz CT molecular complexity index is 1320. The molecule has 1 aliphatic heterocycles. The first-order valence-electron chi connectivity index (χ1n) is 11.6. The average molecular weight is 532 g/mol. The second kappa shape index (κ2) is 11.0. The van der Waals surface area contributed by atoms with Crippen LogP contribution in [0.1, 0.15) is 44.3 Å². The molecule has 1 aliphatic rings. The second-order valence-electron chi connectivity index (χ2n) is 8.61. The molecule has 1 aromatic carbocycles. The highest BCUT2D eigenvalue weighted by Crippen LogP contribution is 2.33. The van der Waals surface area contributed by atoms with E-state index in [1.165, 1.54) is 50.7 Å². The van der Waals surface area contributed by atoms with Gasteiger partial charge in [0, 0.05) is 43.5 Å². The normalized spacial score (nSPS) is 17.6. The molecule has 0 spiro atoms. The number of methoxy groups -OCH3 is 2. The van der Waals surface area contributed by atoms with Gasteiger partial charge in [-0.15, -0.1) is 0 Å². The summed E-state index contributed by atoms with van der Waals surface area (Å²) in [5.41, 5.74) is -1.04. The van der Waals surface area contributed by atoms with E-state index in [1.807, 2.05) is 0 Å². The summed E-state index contributed by atoms with van der Waals surface area (Å²) in [5, 5.41) is 2.66. The van der Waals surface area contributed by atoms with Crippen LogP contribution in [0.15, 0.2) is 54.9 Å². The van der Waals surface area contributed by atoms with Gasteiger partial charge in [0.25, 0.3) is 17.7 Å². The molecular weight excluding hydrogens is 508 g/mol. The Kier molecular flexibility index (Phi) is 7.79. The summed E-state index contributed by atoms with van der Waals surface area (Å²) in [6.45, 7) is 0.308. The van der Waals surface area contributed by atoms with Gasteiger partial charge in [0.05, 0.1) is 25.3 Å². The van der Waals surface area contributed by atoms with Crippen LogP contribution >= 0.6 is 0 Å². The third-order valence-electron chi connectivity index (χ3n) is 6.32. The lowest BCUT2D eigenvalue weighted by Crippen LogP contribution is -2.51. The van der Waals surface area contributed by atoms with E-state index in [0.29, 0.717) is 5.56 Å². The van der Waals surface area contributed by atoms with Gasteiger partial charge < -0.3 is 19.7 Å². The molecule has 8 nitrogen and oxygen atoms in total. The molecule has 2 amide bonds. The van der Waals surface area contributed by atoms with Gasteiger partial charge in [-0.05, 0) is 36.2 Å². The standard InChI is InChI=1S/C26H24F4N4O4/c1-37-21-12-16(13-32-24(21)38-2)25(36)34-11-9-20(18(14-34)15-5-7-17(27)8-6-15)33-23(35)22-19(26(28,29)30)4-3-10-31-22/h3-8,10,12-13,18,20H,9,11,14H2,1-2H3,(H,33,35)/t18-,20+/m1/s1. The smallest absolute Gasteiger partial charge is 0.418 e. The number of halogens is 4. The second-order valence-corrected chi connectivity index (χ2v) is 8.61. The molecule has 2 atom stereocenters. The molecule has 12 heteroatoms. The maximum atomic E-state index is 13.6. The number of ether oxygens (including phenoxy) is 2. The fraction of sp³-hybridized carbons (Fsp3) is 0.308. The summed E-state index contributed by atoms with van der Waals surface area (Å²) >= 11 is 0. The molecule has 0 radical (unpaired) electrons. The van der Waals surface area contributed by atoms with Gasteiger partial charge >= 0.3 is 6.18 Å². The number of pyridine rings is 2. The number of alkyl halides is 3. The van der Waals surface area contributed by atoms with Crippen molar-refractivity contribution in [3.05, 3.63) is 83.1 Å². The third-order valence-corrected chi connectivity index (χ3v) is 6.32. The fourth-order valence-corrected chi connectivity index (χ4v) is 4.44. The minimum Gasteiger partial charge on any atom is -0.491 e. The number of hydrogen-bond donors (Lipinski definition) is 1. The summed E-state index contributed by atoms with van der Waals surface area (Å²) in [6, 6.07) is 8.27. The monoisotopic (exact) mass is 532 g/mol. The molecule has 3 heterocycles. The van der Waals surface area contributed by atoms with E-state index in [-0.39, 0.29) is 42.6 Å². The molecule has 0 aliphatic carbocycles. The predicted molar refractivity (Wildman–Crippen MR) is 127 cm³/mol. The van der Waals surface area contributed by atoms with Crippen LogP contribution in [0.4, 0.5) is 17.6 Å². The first-order chi connectivity index (χ1) is 18.1. The van der Waals surface area contributed by atoms with Gasteiger partial charge in [-0.25, -0.2) is 9.37 Å². The largest absolute Gasteiger partial charge is 0.491 e. The maximum absolute atomic E-state index is 13.6. The lowest BCUT2D eigenvalue weighted by atomic mass is 9.85. The minimum absolute atomic E-state index is 0.109. The van der Waals surface area contributed by atoms with Gasteiger partial charge in [0.2, 0.25) is 0 Å². The van der Waals surface area contributed by atoms with E-state index >= 15 is 0 Å². The van der Waals surface area contributed by atoms with E-state index in [0.717, 1.165) is 18.3 Å². The quantitative estimate of drug-likeness (QED) is 0.481. The molecule has 1 fully saturated rings. The molecule has 4 rings (SSSR count). The van der Waals surface area contributed by atoms with Crippen molar-refractivity contribution in [2.24, 2.45) is 0 Å². The lowest BCUT2D eigenvalue weighted by molar-refractivity contribution is -0.138. The number of amides is 2. The third kappa shape index (κ3) is 5.68. The maximum Gasteiger partial charge on any atom is 0.418 e. The van der Waals surface area contributed by atoms with Crippen molar-refractivity contribution in [3.8, 4) is 11.6 Å². The Labute approximate surface area is 215 Å². The van der Waals surface area contributed by atoms with Crippen molar-refractivity contribution >= 4 is 11.8 Å². The highest BCUT2D eigenvalue weighted by molar-refractivity contribution is 5.95. The van der Waals surface area contributed by atoms with Crippen LogP contribution in [0.5, 0.6) is 11.6 Å². The molecule has 0 unspecified atom stereocenters. The number of rotatable bonds is 6. The van der Waals surface area contributed by atoms with Crippen molar-refractivity contribution in [1.82, 2.24) is 20.2 Å². The summed E-state index contributed by atoms with van der Waals surface area (Å²) in [6.07, 6.45) is -2.07. The molecule has 1 saturated heterocycles. The van der Waals surface area contributed by atoms with E-state index in [1.54, 1.807) is 4.90 Å². The van der Waals surface area contributed by atoms with Crippen LogP contribution in [-0.2, 0) is 6.18 Å². The van der Waals surface area contributed by atoms with Crippen molar-refractivity contribution in [1.29, 1.82) is 0 Å². The molecule has 0 saturated carbocycles. The van der Waals surface area contributed by atoms with Crippen LogP contribution in [0.3, 0.4) is 0 Å². The number of nitrogens with zero attached hydrogens (tertiary/aromatic N) is 3. The first-order valence-corrected chi connectivity index (χ1v) is 11.6.